The summed E-state index contributed by atoms with van der Waals surface area (Å²) >= 11 is 4.39. The van der Waals surface area contributed by atoms with Gasteiger partial charge in [0.15, 0.2) is 0 Å². The quantitative estimate of drug-likeness (QED) is 0.761. The molecule has 0 fully saturated rings. The maximum Gasteiger partial charge on any atom is 0.326 e. The fourth-order valence-corrected chi connectivity index (χ4v) is 2.76. The number of carboxylic acid groups (broad SMARTS) is 1. The van der Waals surface area contributed by atoms with Crippen molar-refractivity contribution in [2.75, 3.05) is 7.11 Å². The first kappa shape index (κ1) is 15.6. The molecule has 0 saturated heterocycles. The van der Waals surface area contributed by atoms with Crippen molar-refractivity contribution in [3.8, 4) is 0 Å². The van der Waals surface area contributed by atoms with E-state index in [4.69, 9.17) is 5.11 Å². The predicted molar refractivity (Wildman–Crippen MR) is 72.2 cm³/mol. The van der Waals surface area contributed by atoms with E-state index in [1.54, 1.807) is 11.4 Å². The lowest BCUT2D eigenvalue weighted by Gasteiger charge is -2.13. The molecule has 1 amide bonds. The summed E-state index contributed by atoms with van der Waals surface area (Å²) in [5.41, 5.74) is 0. The lowest BCUT2D eigenvalue weighted by Crippen LogP contribution is -2.41. The summed E-state index contributed by atoms with van der Waals surface area (Å²) in [5, 5.41) is 13.1. The molecule has 1 aromatic rings. The Hall–Kier alpha value is -1.41. The van der Waals surface area contributed by atoms with Crippen LogP contribution in [0.3, 0.4) is 0 Å². The highest BCUT2D eigenvalue weighted by Crippen LogP contribution is 2.22. The standard InChI is InChI=1S/C11H12BrNO5S/c1-18-8(14)3-2-7(11(16)17)13-10(15)9-6(12)4-5-19-9/h4-5,7H,2-3H2,1H3,(H,13,15)(H,16,17). The van der Waals surface area contributed by atoms with Gasteiger partial charge < -0.3 is 15.2 Å². The summed E-state index contributed by atoms with van der Waals surface area (Å²) < 4.78 is 5.03. The van der Waals surface area contributed by atoms with Crippen molar-refractivity contribution in [1.82, 2.24) is 5.32 Å². The van der Waals surface area contributed by atoms with Crippen LogP contribution >= 0.6 is 27.3 Å². The smallest absolute Gasteiger partial charge is 0.326 e. The maximum absolute atomic E-state index is 11.8. The topological polar surface area (TPSA) is 92.7 Å². The minimum absolute atomic E-state index is 0.0171. The second kappa shape index (κ2) is 7.25. The molecule has 0 spiro atoms. The van der Waals surface area contributed by atoms with E-state index in [0.29, 0.717) is 9.35 Å². The number of methoxy groups -OCH3 is 1. The van der Waals surface area contributed by atoms with Gasteiger partial charge in [0.1, 0.15) is 10.9 Å². The number of carboxylic acids is 1. The molecule has 8 heteroatoms. The van der Waals surface area contributed by atoms with Crippen molar-refractivity contribution in [2.24, 2.45) is 0 Å². The van der Waals surface area contributed by atoms with Crippen LogP contribution in [0.15, 0.2) is 15.9 Å². The summed E-state index contributed by atoms with van der Waals surface area (Å²) in [4.78, 5) is 34.2. The average molecular weight is 350 g/mol. The van der Waals surface area contributed by atoms with Gasteiger partial charge in [-0.1, -0.05) is 0 Å². The molecule has 1 rings (SSSR count). The van der Waals surface area contributed by atoms with Gasteiger partial charge in [0.05, 0.1) is 7.11 Å². The molecule has 1 unspecified atom stereocenters. The summed E-state index contributed by atoms with van der Waals surface area (Å²) in [7, 11) is 1.22. The van der Waals surface area contributed by atoms with Gasteiger partial charge in [-0.3, -0.25) is 9.59 Å². The molecular formula is C11H12BrNO5S. The minimum Gasteiger partial charge on any atom is -0.480 e. The molecule has 0 bridgehead atoms. The number of halogens is 1. The van der Waals surface area contributed by atoms with Crippen LogP contribution in [-0.4, -0.2) is 36.1 Å². The predicted octanol–water partition coefficient (Wildman–Crippen LogP) is 1.65. The lowest BCUT2D eigenvalue weighted by molar-refractivity contribution is -0.142. The van der Waals surface area contributed by atoms with Gasteiger partial charge >= 0.3 is 11.9 Å². The third-order valence-electron chi connectivity index (χ3n) is 2.29. The molecule has 0 radical (unpaired) electrons. The second-order valence-electron chi connectivity index (χ2n) is 3.58. The van der Waals surface area contributed by atoms with Crippen LogP contribution in [0.2, 0.25) is 0 Å². The van der Waals surface area contributed by atoms with Gasteiger partial charge in [0, 0.05) is 10.9 Å². The fourth-order valence-electron chi connectivity index (χ4n) is 1.30. The van der Waals surface area contributed by atoms with Gasteiger partial charge in [0.2, 0.25) is 0 Å². The van der Waals surface area contributed by atoms with E-state index in [-0.39, 0.29) is 12.8 Å². The Morgan fingerprint density at radius 3 is 2.68 bits per heavy atom. The molecule has 2 N–H and O–H groups in total. The first-order chi connectivity index (χ1) is 8.95. The van der Waals surface area contributed by atoms with Gasteiger partial charge in [-0.2, -0.15) is 0 Å². The van der Waals surface area contributed by atoms with E-state index >= 15 is 0 Å². The number of thiophene rings is 1. The zero-order valence-corrected chi connectivity index (χ0v) is 12.4. The summed E-state index contributed by atoms with van der Waals surface area (Å²) in [6.45, 7) is 0. The Bertz CT molecular complexity index is 487. The molecule has 104 valence electrons. The van der Waals surface area contributed by atoms with Crippen LogP contribution < -0.4 is 5.32 Å². The van der Waals surface area contributed by atoms with Crippen molar-refractivity contribution < 1.29 is 24.2 Å². The van der Waals surface area contributed by atoms with E-state index in [1.165, 1.54) is 18.4 Å². The molecule has 0 aliphatic heterocycles. The first-order valence-electron chi connectivity index (χ1n) is 5.29. The molecule has 1 atom stereocenters. The molecule has 19 heavy (non-hydrogen) atoms. The van der Waals surface area contributed by atoms with Crippen LogP contribution in [0, 0.1) is 0 Å². The van der Waals surface area contributed by atoms with Gasteiger partial charge in [-0.15, -0.1) is 11.3 Å². The van der Waals surface area contributed by atoms with Gasteiger partial charge in [0.25, 0.3) is 5.91 Å². The van der Waals surface area contributed by atoms with Crippen molar-refractivity contribution in [2.45, 2.75) is 18.9 Å². The molecule has 6 nitrogen and oxygen atoms in total. The number of hydrogen-bond donors (Lipinski definition) is 2. The third kappa shape index (κ3) is 4.64. The number of rotatable bonds is 6. The molecule has 0 aliphatic rings. The van der Waals surface area contributed by atoms with Crippen molar-refractivity contribution in [3.05, 3.63) is 20.8 Å². The van der Waals surface area contributed by atoms with Gasteiger partial charge in [-0.05, 0) is 33.8 Å². The number of ether oxygens (including phenoxy) is 1. The van der Waals surface area contributed by atoms with Crippen molar-refractivity contribution >= 4 is 45.1 Å². The normalized spacial score (nSPS) is 11.7. The highest BCUT2D eigenvalue weighted by atomic mass is 79.9. The molecule has 0 aliphatic carbocycles. The Morgan fingerprint density at radius 2 is 2.21 bits per heavy atom. The number of carbonyl (C=O) groups is 3. The molecule has 1 heterocycles. The summed E-state index contributed by atoms with van der Waals surface area (Å²) in [5.74, 6) is -2.19. The number of esters is 1. The van der Waals surface area contributed by atoms with Crippen LogP contribution in [-0.2, 0) is 14.3 Å². The second-order valence-corrected chi connectivity index (χ2v) is 5.35. The first-order valence-corrected chi connectivity index (χ1v) is 6.96. The van der Waals surface area contributed by atoms with Crippen molar-refractivity contribution in [1.29, 1.82) is 0 Å². The number of carbonyl (C=O) groups excluding carboxylic acids is 2. The number of hydrogen-bond acceptors (Lipinski definition) is 5. The highest BCUT2D eigenvalue weighted by molar-refractivity contribution is 9.10. The van der Waals surface area contributed by atoms with Gasteiger partial charge in [-0.25, -0.2) is 4.79 Å². The lowest BCUT2D eigenvalue weighted by atomic mass is 10.1. The molecular weight excluding hydrogens is 338 g/mol. The number of nitrogens with one attached hydrogen (secondary N) is 1. The molecule has 1 aromatic heterocycles. The maximum atomic E-state index is 11.8. The van der Waals surface area contributed by atoms with E-state index in [1.807, 2.05) is 0 Å². The van der Waals surface area contributed by atoms with Crippen molar-refractivity contribution in [3.63, 3.8) is 0 Å². The highest BCUT2D eigenvalue weighted by Gasteiger charge is 2.23. The van der Waals surface area contributed by atoms with E-state index in [9.17, 15) is 14.4 Å². The Morgan fingerprint density at radius 1 is 1.53 bits per heavy atom. The van der Waals surface area contributed by atoms with Crippen LogP contribution in [0.4, 0.5) is 0 Å². The monoisotopic (exact) mass is 349 g/mol. The Kier molecular flexibility index (Phi) is 5.97. The van der Waals surface area contributed by atoms with Crippen LogP contribution in [0.5, 0.6) is 0 Å². The average Bonchev–Trinajstić information content (AvgIpc) is 2.79. The molecule has 0 aromatic carbocycles. The zero-order chi connectivity index (χ0) is 14.4. The van der Waals surface area contributed by atoms with E-state index in [0.717, 1.165) is 0 Å². The SMILES string of the molecule is COC(=O)CCC(NC(=O)c1sccc1Br)C(=O)O. The molecule has 0 saturated carbocycles. The summed E-state index contributed by atoms with van der Waals surface area (Å²) in [6, 6.07) is 0.574. The zero-order valence-electron chi connectivity index (χ0n) is 10.0. The summed E-state index contributed by atoms with van der Waals surface area (Å²) in [6.07, 6.45) is -0.0872. The minimum atomic E-state index is -1.19. The Labute approximate surface area is 121 Å². The largest absolute Gasteiger partial charge is 0.480 e. The third-order valence-corrected chi connectivity index (χ3v) is 4.13. The number of aliphatic carboxylic acids is 1. The number of amides is 1. The Balaban J connectivity index is 2.64. The van der Waals surface area contributed by atoms with Crippen LogP contribution in [0.1, 0.15) is 22.5 Å². The van der Waals surface area contributed by atoms with E-state index < -0.39 is 23.9 Å². The van der Waals surface area contributed by atoms with E-state index in [2.05, 4.69) is 26.0 Å². The fraction of sp³-hybridized carbons (Fsp3) is 0.364. The van der Waals surface area contributed by atoms with Crippen LogP contribution in [0.25, 0.3) is 0 Å².